The van der Waals surface area contributed by atoms with E-state index in [1.54, 1.807) is 38.5 Å². The number of nitrogens with zero attached hydrogens (tertiary/aromatic N) is 3. The molecule has 3 aliphatic heterocycles. The molecule has 0 radical (unpaired) electrons. The van der Waals surface area contributed by atoms with E-state index in [2.05, 4.69) is 10.2 Å². The number of fused-ring (bicyclic) bond motifs is 1. The van der Waals surface area contributed by atoms with Gasteiger partial charge in [0.2, 0.25) is 5.91 Å². The first-order chi connectivity index (χ1) is 16.5. The van der Waals surface area contributed by atoms with Crippen LogP contribution in [0.2, 0.25) is 0 Å². The standard InChI is InChI=1S/C25H36N4O5/c1-33-15-14-28(17-18-6-5-13-27-12-4-3-7-22(18)27)23(30)16-21-24(31)29(25(32)26-21)19-8-10-20(34-2)11-9-19/h8-11,18,21-22H,3-7,12-17H2,1-2H3,(H,26,32). The quantitative estimate of drug-likeness (QED) is 0.555. The first kappa shape index (κ1) is 24.5. The Balaban J connectivity index is 1.41. The summed E-state index contributed by atoms with van der Waals surface area (Å²) < 4.78 is 10.4. The zero-order chi connectivity index (χ0) is 24.1. The van der Waals surface area contributed by atoms with Crippen molar-refractivity contribution >= 4 is 23.5 Å². The Hall–Kier alpha value is -2.65. The summed E-state index contributed by atoms with van der Waals surface area (Å²) in [5.41, 5.74) is 0.453. The summed E-state index contributed by atoms with van der Waals surface area (Å²) in [7, 11) is 3.18. The number of anilines is 1. The molecule has 186 valence electrons. The molecular formula is C25H36N4O5. The van der Waals surface area contributed by atoms with E-state index in [1.807, 2.05) is 4.90 Å². The predicted molar refractivity (Wildman–Crippen MR) is 128 cm³/mol. The van der Waals surface area contributed by atoms with Crippen LogP contribution in [0.4, 0.5) is 10.5 Å². The van der Waals surface area contributed by atoms with Gasteiger partial charge in [0, 0.05) is 26.2 Å². The van der Waals surface area contributed by atoms with E-state index in [-0.39, 0.29) is 12.3 Å². The molecule has 9 nitrogen and oxygen atoms in total. The molecule has 3 aliphatic rings. The average Bonchev–Trinajstić information content (AvgIpc) is 3.14. The van der Waals surface area contributed by atoms with Gasteiger partial charge >= 0.3 is 6.03 Å². The fourth-order valence-electron chi connectivity index (χ4n) is 5.54. The van der Waals surface area contributed by atoms with Crippen LogP contribution in [0.25, 0.3) is 0 Å². The Labute approximate surface area is 201 Å². The van der Waals surface area contributed by atoms with Gasteiger partial charge in [0.25, 0.3) is 5.91 Å². The number of hydrogen-bond acceptors (Lipinski definition) is 6. The van der Waals surface area contributed by atoms with Crippen molar-refractivity contribution in [3.05, 3.63) is 24.3 Å². The molecule has 1 aromatic rings. The lowest BCUT2D eigenvalue weighted by Crippen LogP contribution is -2.52. The normalized spacial score (nSPS) is 25.1. The Morgan fingerprint density at radius 1 is 1.09 bits per heavy atom. The van der Waals surface area contributed by atoms with Gasteiger partial charge < -0.3 is 24.6 Å². The first-order valence-corrected chi connectivity index (χ1v) is 12.3. The lowest BCUT2D eigenvalue weighted by Gasteiger charge is -2.45. The fourth-order valence-corrected chi connectivity index (χ4v) is 5.54. The van der Waals surface area contributed by atoms with Gasteiger partial charge in [-0.3, -0.25) is 9.59 Å². The maximum absolute atomic E-state index is 13.3. The third-order valence-electron chi connectivity index (χ3n) is 7.33. The number of rotatable bonds is 9. The van der Waals surface area contributed by atoms with Gasteiger partial charge in [-0.2, -0.15) is 0 Å². The highest BCUT2D eigenvalue weighted by atomic mass is 16.5. The summed E-state index contributed by atoms with van der Waals surface area (Å²) in [6, 6.07) is 5.85. The van der Waals surface area contributed by atoms with Crippen molar-refractivity contribution in [3.63, 3.8) is 0 Å². The summed E-state index contributed by atoms with van der Waals surface area (Å²) in [5, 5.41) is 2.69. The van der Waals surface area contributed by atoms with Crippen LogP contribution in [0.15, 0.2) is 24.3 Å². The highest BCUT2D eigenvalue weighted by Gasteiger charge is 2.41. The van der Waals surface area contributed by atoms with Crippen LogP contribution in [-0.2, 0) is 14.3 Å². The molecule has 0 aliphatic carbocycles. The van der Waals surface area contributed by atoms with Gasteiger partial charge in [0.05, 0.1) is 25.8 Å². The molecule has 3 atom stereocenters. The zero-order valence-corrected chi connectivity index (χ0v) is 20.2. The highest BCUT2D eigenvalue weighted by molar-refractivity contribution is 6.22. The third-order valence-corrected chi connectivity index (χ3v) is 7.33. The maximum atomic E-state index is 13.3. The lowest BCUT2D eigenvalue weighted by molar-refractivity contribution is -0.135. The minimum absolute atomic E-state index is 0.0535. The number of carbonyl (C=O) groups excluding carboxylic acids is 3. The topological polar surface area (TPSA) is 91.4 Å². The zero-order valence-electron chi connectivity index (χ0n) is 20.2. The van der Waals surface area contributed by atoms with E-state index in [9.17, 15) is 14.4 Å². The van der Waals surface area contributed by atoms with Gasteiger partial charge in [-0.25, -0.2) is 9.69 Å². The van der Waals surface area contributed by atoms with Crippen molar-refractivity contribution in [2.24, 2.45) is 5.92 Å². The van der Waals surface area contributed by atoms with Crippen LogP contribution >= 0.6 is 0 Å². The van der Waals surface area contributed by atoms with Gasteiger partial charge in [0.15, 0.2) is 0 Å². The van der Waals surface area contributed by atoms with Crippen molar-refractivity contribution in [2.75, 3.05) is 51.9 Å². The minimum Gasteiger partial charge on any atom is -0.497 e. The van der Waals surface area contributed by atoms with E-state index >= 15 is 0 Å². The van der Waals surface area contributed by atoms with Gasteiger partial charge in [0.1, 0.15) is 11.8 Å². The highest BCUT2D eigenvalue weighted by Crippen LogP contribution is 2.32. The number of amides is 4. The lowest BCUT2D eigenvalue weighted by atomic mass is 9.83. The number of urea groups is 1. The summed E-state index contributed by atoms with van der Waals surface area (Å²) in [6.45, 7) is 3.89. The largest absolute Gasteiger partial charge is 0.497 e. The number of nitrogens with one attached hydrogen (secondary N) is 1. The molecule has 4 amide bonds. The summed E-state index contributed by atoms with van der Waals surface area (Å²) in [4.78, 5) is 44.4. The minimum atomic E-state index is -0.871. The molecule has 34 heavy (non-hydrogen) atoms. The van der Waals surface area contributed by atoms with Crippen molar-refractivity contribution in [1.29, 1.82) is 0 Å². The summed E-state index contributed by atoms with van der Waals surface area (Å²) in [6.07, 6.45) is 5.90. The van der Waals surface area contributed by atoms with Crippen LogP contribution in [0.1, 0.15) is 38.5 Å². The van der Waals surface area contributed by atoms with Gasteiger partial charge in [-0.05, 0) is 69.0 Å². The second kappa shape index (κ2) is 11.2. The second-order valence-corrected chi connectivity index (χ2v) is 9.41. The van der Waals surface area contributed by atoms with Crippen LogP contribution < -0.4 is 15.0 Å². The number of hydrogen-bond donors (Lipinski definition) is 1. The molecule has 9 heteroatoms. The average molecular weight is 473 g/mol. The number of imide groups is 1. The smallest absolute Gasteiger partial charge is 0.329 e. The Kier molecular flexibility index (Phi) is 8.05. The van der Waals surface area contributed by atoms with Crippen molar-refractivity contribution < 1.29 is 23.9 Å². The first-order valence-electron chi connectivity index (χ1n) is 12.3. The Bertz CT molecular complexity index is 875. The molecule has 1 aromatic carbocycles. The molecule has 3 unspecified atom stereocenters. The van der Waals surface area contributed by atoms with E-state index in [0.29, 0.717) is 43.1 Å². The molecule has 0 saturated carbocycles. The fraction of sp³-hybridized carbons (Fsp3) is 0.640. The summed E-state index contributed by atoms with van der Waals surface area (Å²) >= 11 is 0. The molecule has 0 bridgehead atoms. The maximum Gasteiger partial charge on any atom is 0.329 e. The molecule has 4 rings (SSSR count). The molecular weight excluding hydrogens is 436 g/mol. The van der Waals surface area contributed by atoms with Crippen molar-refractivity contribution in [3.8, 4) is 5.75 Å². The number of ether oxygens (including phenoxy) is 2. The molecule has 3 fully saturated rings. The molecule has 3 heterocycles. The van der Waals surface area contributed by atoms with E-state index in [4.69, 9.17) is 9.47 Å². The van der Waals surface area contributed by atoms with Crippen molar-refractivity contribution in [2.45, 2.75) is 50.6 Å². The SMILES string of the molecule is COCCN(CC1CCCN2CCCCC12)C(=O)CC1NC(=O)N(c2ccc(OC)cc2)C1=O. The molecule has 0 spiro atoms. The van der Waals surface area contributed by atoms with Crippen LogP contribution in [0, 0.1) is 5.92 Å². The number of methoxy groups -OCH3 is 2. The third kappa shape index (κ3) is 5.36. The predicted octanol–water partition coefficient (Wildman–Crippen LogP) is 2.25. The molecule has 1 N–H and O–H groups in total. The number of carbonyl (C=O) groups is 3. The van der Waals surface area contributed by atoms with Crippen molar-refractivity contribution in [1.82, 2.24) is 15.1 Å². The van der Waals surface area contributed by atoms with Crippen LogP contribution in [-0.4, -0.2) is 86.7 Å². The van der Waals surface area contributed by atoms with Crippen LogP contribution in [0.3, 0.4) is 0 Å². The number of piperidine rings is 2. The van der Waals surface area contributed by atoms with E-state index < -0.39 is 18.0 Å². The second-order valence-electron chi connectivity index (χ2n) is 9.41. The van der Waals surface area contributed by atoms with E-state index in [0.717, 1.165) is 30.8 Å². The monoisotopic (exact) mass is 472 g/mol. The van der Waals surface area contributed by atoms with E-state index in [1.165, 1.54) is 19.3 Å². The number of benzene rings is 1. The summed E-state index contributed by atoms with van der Waals surface area (Å²) in [5.74, 6) is 0.529. The van der Waals surface area contributed by atoms with Gasteiger partial charge in [-0.15, -0.1) is 0 Å². The Morgan fingerprint density at radius 2 is 1.85 bits per heavy atom. The van der Waals surface area contributed by atoms with Gasteiger partial charge in [-0.1, -0.05) is 6.42 Å². The Morgan fingerprint density at radius 3 is 2.59 bits per heavy atom. The molecule has 0 aromatic heterocycles. The van der Waals surface area contributed by atoms with Crippen LogP contribution in [0.5, 0.6) is 5.75 Å². The molecule has 3 saturated heterocycles.